The minimum absolute atomic E-state index is 0.0472. The number of pyridine rings is 1. The Morgan fingerprint density at radius 2 is 1.30 bits per heavy atom. The summed E-state index contributed by atoms with van der Waals surface area (Å²) < 4.78 is 49.8. The Hall–Kier alpha value is -6.24. The molecule has 63 heavy (non-hydrogen) atoms. The summed E-state index contributed by atoms with van der Waals surface area (Å²) in [7, 11) is 0. The highest BCUT2D eigenvalue weighted by atomic mass is 16.7. The van der Waals surface area contributed by atoms with Crippen LogP contribution in [0.15, 0.2) is 79.0 Å². The average Bonchev–Trinajstić information content (AvgIpc) is 3.47. The Morgan fingerprint density at radius 1 is 0.730 bits per heavy atom. The number of carbonyl (C=O) groups excluding carboxylic acids is 7. The van der Waals surface area contributed by atoms with Gasteiger partial charge in [0.1, 0.15) is 30.0 Å². The van der Waals surface area contributed by atoms with E-state index in [1.54, 1.807) is 19.1 Å². The van der Waals surface area contributed by atoms with Crippen molar-refractivity contribution in [3.05, 3.63) is 101 Å². The largest absolute Gasteiger partial charge is 0.459 e. The van der Waals surface area contributed by atoms with E-state index in [2.05, 4.69) is 4.98 Å². The van der Waals surface area contributed by atoms with Crippen molar-refractivity contribution in [1.29, 1.82) is 0 Å². The van der Waals surface area contributed by atoms with Gasteiger partial charge in [-0.05, 0) is 50.2 Å². The predicted molar refractivity (Wildman–Crippen MR) is 211 cm³/mol. The number of cyclic esters (lactones) is 1. The van der Waals surface area contributed by atoms with Crippen LogP contribution in [0.1, 0.15) is 91.2 Å². The fourth-order valence-electron chi connectivity index (χ4n) is 9.79. The molecule has 18 heteroatoms. The Morgan fingerprint density at radius 3 is 1.86 bits per heavy atom. The maximum absolute atomic E-state index is 14.4. The lowest BCUT2D eigenvalue weighted by Gasteiger charge is -2.66. The van der Waals surface area contributed by atoms with Gasteiger partial charge in [-0.2, -0.15) is 0 Å². The van der Waals surface area contributed by atoms with Crippen LogP contribution in [0.25, 0.3) is 0 Å². The summed E-state index contributed by atoms with van der Waals surface area (Å²) in [5, 5.41) is 26.2. The first-order valence-electron chi connectivity index (χ1n) is 20.2. The SMILES string of the molecule is CC(=O)OC1C2C(OC(=O)c3ccccc3)C34OC2(C)COC(=O)c2cccnc2C(C)C(C)C(=O)OC(C(O)C(OC(=O)c2ccccc2)C3(OC(C)=O)C1OC(C)=O)C4(C)O. The van der Waals surface area contributed by atoms with Gasteiger partial charge in [-0.25, -0.2) is 14.4 Å². The zero-order chi connectivity index (χ0) is 45.8. The highest BCUT2D eigenvalue weighted by Crippen LogP contribution is 2.67. The van der Waals surface area contributed by atoms with E-state index in [0.29, 0.717) is 0 Å². The number of nitrogens with zero attached hydrogens (tertiary/aromatic N) is 1. The van der Waals surface area contributed by atoms with Crippen LogP contribution >= 0.6 is 0 Å². The molecule has 1 aromatic heterocycles. The Balaban J connectivity index is 1.61. The third-order valence-electron chi connectivity index (χ3n) is 12.6. The van der Waals surface area contributed by atoms with Crippen LogP contribution in [0.3, 0.4) is 0 Å². The van der Waals surface area contributed by atoms with Gasteiger partial charge in [-0.1, -0.05) is 50.2 Å². The summed E-state index contributed by atoms with van der Waals surface area (Å²) in [6, 6.07) is 17.7. The smallest absolute Gasteiger partial charge is 0.340 e. The maximum atomic E-state index is 14.4. The third-order valence-corrected chi connectivity index (χ3v) is 12.6. The molecule has 2 N–H and O–H groups in total. The van der Waals surface area contributed by atoms with Gasteiger partial charge in [0.05, 0.1) is 34.2 Å². The first-order valence-corrected chi connectivity index (χ1v) is 20.2. The van der Waals surface area contributed by atoms with Crippen LogP contribution in [0.4, 0.5) is 0 Å². The highest BCUT2D eigenvalue weighted by molar-refractivity contribution is 5.92. The second kappa shape index (κ2) is 16.5. The number of esters is 7. The molecule has 2 aliphatic heterocycles. The summed E-state index contributed by atoms with van der Waals surface area (Å²) >= 11 is 0. The molecular formula is C45H47NO17. The summed E-state index contributed by atoms with van der Waals surface area (Å²) in [5.41, 5.74) is -11.3. The second-order valence-electron chi connectivity index (χ2n) is 16.6. The molecule has 3 heterocycles. The van der Waals surface area contributed by atoms with E-state index >= 15 is 0 Å². The molecular weight excluding hydrogens is 826 g/mol. The van der Waals surface area contributed by atoms with Crippen LogP contribution in [0.2, 0.25) is 0 Å². The van der Waals surface area contributed by atoms with Crippen molar-refractivity contribution in [2.45, 2.75) is 113 Å². The van der Waals surface area contributed by atoms with Gasteiger partial charge in [-0.3, -0.25) is 24.2 Å². The number of aliphatic hydroxyl groups is 2. The zero-order valence-electron chi connectivity index (χ0n) is 35.4. The molecule has 1 saturated heterocycles. The van der Waals surface area contributed by atoms with E-state index in [1.807, 2.05) is 0 Å². The number of hydrogen-bond donors (Lipinski definition) is 2. The Bertz CT molecular complexity index is 2320. The van der Waals surface area contributed by atoms with Crippen molar-refractivity contribution in [3.8, 4) is 0 Å². The van der Waals surface area contributed by atoms with Gasteiger partial charge in [-0.15, -0.1) is 0 Å². The molecule has 2 aromatic carbocycles. The molecule has 13 unspecified atom stereocenters. The average molecular weight is 874 g/mol. The topological polar surface area (TPSA) is 247 Å². The number of carbonyl (C=O) groups is 7. The number of aromatic nitrogens is 1. The monoisotopic (exact) mass is 873 g/mol. The van der Waals surface area contributed by atoms with Gasteiger partial charge in [0.15, 0.2) is 30.0 Å². The third kappa shape index (κ3) is 7.19. The highest BCUT2D eigenvalue weighted by Gasteiger charge is 2.93. The molecule has 2 saturated carbocycles. The molecule has 3 fully saturated rings. The van der Waals surface area contributed by atoms with Crippen molar-refractivity contribution in [3.63, 3.8) is 0 Å². The molecule has 18 nitrogen and oxygen atoms in total. The standard InChI is InChI=1S/C45H47NO17/c1-22-23(2)38(51)60-35-32(50)36(61-40(53)28-17-12-9-13-18-28)44(62-26(5)49)37(58-25(4)48)33(57-24(3)47)30-34(59-39(52)27-15-10-8-11-16-27)45(44,43(35,7)55)63-42(30,6)21-56-41(54)29-19-14-20-46-31(22)29/h8-20,22-23,30,32-37,50,55H,21H2,1-7H3. The predicted octanol–water partition coefficient (Wildman–Crippen LogP) is 2.80. The van der Waals surface area contributed by atoms with Crippen LogP contribution in [-0.2, 0) is 57.1 Å². The molecule has 0 amide bonds. The maximum Gasteiger partial charge on any atom is 0.340 e. The molecule has 13 atom stereocenters. The molecule has 4 bridgehead atoms. The van der Waals surface area contributed by atoms with Crippen LogP contribution in [0, 0.1) is 11.8 Å². The zero-order valence-corrected chi connectivity index (χ0v) is 35.4. The number of hydrogen-bond acceptors (Lipinski definition) is 18. The fraction of sp³-hybridized carbons (Fsp3) is 0.467. The van der Waals surface area contributed by atoms with Crippen molar-refractivity contribution in [1.82, 2.24) is 4.98 Å². The van der Waals surface area contributed by atoms with E-state index in [4.69, 9.17) is 37.9 Å². The molecule has 7 rings (SSSR count). The fourth-order valence-corrected chi connectivity index (χ4v) is 9.79. The molecule has 334 valence electrons. The second-order valence-corrected chi connectivity index (χ2v) is 16.6. The summed E-state index contributed by atoms with van der Waals surface area (Å²) in [4.78, 5) is 102. The summed E-state index contributed by atoms with van der Waals surface area (Å²) in [6.45, 7) is 7.50. The summed E-state index contributed by atoms with van der Waals surface area (Å²) in [5.74, 6) is -11.3. The van der Waals surface area contributed by atoms with Crippen molar-refractivity contribution >= 4 is 41.8 Å². The number of fused-ring (bicyclic) bond motifs is 5. The first kappa shape index (κ1) is 44.8. The van der Waals surface area contributed by atoms with Gasteiger partial charge < -0.3 is 48.1 Å². The number of aliphatic hydroxyl groups excluding tert-OH is 1. The quantitative estimate of drug-likeness (QED) is 0.256. The molecule has 4 aliphatic rings. The lowest BCUT2D eigenvalue weighted by Crippen LogP contribution is -2.92. The van der Waals surface area contributed by atoms with Crippen molar-refractivity contribution in [2.24, 2.45) is 11.8 Å². The molecule has 2 aliphatic carbocycles. The van der Waals surface area contributed by atoms with Gasteiger partial charge >= 0.3 is 41.8 Å². The van der Waals surface area contributed by atoms with Gasteiger partial charge in [0.25, 0.3) is 0 Å². The number of benzene rings is 2. The van der Waals surface area contributed by atoms with E-state index in [1.165, 1.54) is 80.7 Å². The van der Waals surface area contributed by atoms with Gasteiger partial charge in [0, 0.05) is 32.9 Å². The summed E-state index contributed by atoms with van der Waals surface area (Å²) in [6.07, 6.45) is -11.9. The number of rotatable bonds is 7. The Kier molecular flexibility index (Phi) is 11.7. The van der Waals surface area contributed by atoms with Crippen molar-refractivity contribution in [2.75, 3.05) is 6.61 Å². The van der Waals surface area contributed by atoms with Gasteiger partial charge in [0.2, 0.25) is 5.60 Å². The van der Waals surface area contributed by atoms with E-state index in [9.17, 15) is 43.8 Å². The molecule has 0 radical (unpaired) electrons. The minimum Gasteiger partial charge on any atom is -0.459 e. The first-order chi connectivity index (χ1) is 29.7. The molecule has 3 aromatic rings. The minimum atomic E-state index is -3.10. The lowest BCUT2D eigenvalue weighted by atomic mass is 9.50. The molecule has 1 spiro atoms. The Labute approximate surface area is 361 Å². The van der Waals surface area contributed by atoms with Crippen LogP contribution in [0.5, 0.6) is 0 Å². The van der Waals surface area contributed by atoms with E-state index in [0.717, 1.165) is 27.7 Å². The van der Waals surface area contributed by atoms with E-state index < -0.39 is 125 Å². The van der Waals surface area contributed by atoms with Crippen LogP contribution in [-0.4, -0.2) is 123 Å². The van der Waals surface area contributed by atoms with E-state index in [-0.39, 0.29) is 22.4 Å². The normalized spacial score (nSPS) is 35.7. The number of ether oxygens (including phenoxy) is 8. The van der Waals surface area contributed by atoms with Crippen LogP contribution < -0.4 is 0 Å². The van der Waals surface area contributed by atoms with Crippen molar-refractivity contribution < 1.29 is 81.7 Å². The lowest BCUT2D eigenvalue weighted by molar-refractivity contribution is -0.395.